The number of hydrogen-bond donors (Lipinski definition) is 2. The van der Waals surface area contributed by atoms with Crippen molar-refractivity contribution in [2.75, 3.05) is 5.32 Å². The molecule has 0 saturated carbocycles. The van der Waals surface area contributed by atoms with Gasteiger partial charge < -0.3 is 9.73 Å². The first-order chi connectivity index (χ1) is 10.9. The van der Waals surface area contributed by atoms with Gasteiger partial charge in [0.2, 0.25) is 0 Å². The van der Waals surface area contributed by atoms with Crippen LogP contribution in [-0.2, 0) is 0 Å². The maximum atomic E-state index is 12.2. The molecule has 2 N–H and O–H groups in total. The molecule has 3 rings (SSSR count). The number of oxazole rings is 1. The van der Waals surface area contributed by atoms with Gasteiger partial charge in [-0.1, -0.05) is 11.6 Å². The van der Waals surface area contributed by atoms with Gasteiger partial charge in [0.15, 0.2) is 5.58 Å². The minimum absolute atomic E-state index is 0.0329. The summed E-state index contributed by atoms with van der Waals surface area (Å²) in [5.41, 5.74) is 1.10. The maximum Gasteiger partial charge on any atom is 0.417 e. The van der Waals surface area contributed by atoms with Crippen LogP contribution in [0.1, 0.15) is 10.4 Å². The zero-order chi connectivity index (χ0) is 16.6. The number of rotatable bonds is 3. The number of nitro benzene ring substituents is 1. The summed E-state index contributed by atoms with van der Waals surface area (Å²) in [5.74, 6) is -1.13. The Kier molecular flexibility index (Phi) is 3.59. The summed E-state index contributed by atoms with van der Waals surface area (Å²) in [6.07, 6.45) is 0. The third kappa shape index (κ3) is 2.92. The number of nitro groups is 1. The number of H-pyrrole nitrogens is 1. The van der Waals surface area contributed by atoms with E-state index >= 15 is 0 Å². The third-order valence-corrected chi connectivity index (χ3v) is 3.40. The molecule has 1 amide bonds. The fourth-order valence-corrected chi connectivity index (χ4v) is 2.29. The molecule has 8 nitrogen and oxygen atoms in total. The fraction of sp³-hybridized carbons (Fsp3) is 0. The first-order valence-corrected chi connectivity index (χ1v) is 6.70. The number of nitrogens with one attached hydrogen (secondary N) is 2. The molecule has 0 fully saturated rings. The van der Waals surface area contributed by atoms with Gasteiger partial charge in [-0.15, -0.1) is 0 Å². The van der Waals surface area contributed by atoms with E-state index in [0.717, 1.165) is 6.07 Å². The Morgan fingerprint density at radius 2 is 2.04 bits per heavy atom. The van der Waals surface area contributed by atoms with Crippen molar-refractivity contribution in [1.82, 2.24) is 4.98 Å². The van der Waals surface area contributed by atoms with Crippen molar-refractivity contribution >= 4 is 40.0 Å². The Balaban J connectivity index is 1.88. The summed E-state index contributed by atoms with van der Waals surface area (Å²) in [7, 11) is 0. The van der Waals surface area contributed by atoms with Gasteiger partial charge in [-0.05, 0) is 24.3 Å². The highest BCUT2D eigenvalue weighted by molar-refractivity contribution is 6.34. The van der Waals surface area contributed by atoms with Crippen molar-refractivity contribution in [3.8, 4) is 0 Å². The van der Waals surface area contributed by atoms with Gasteiger partial charge in [0, 0.05) is 17.8 Å². The van der Waals surface area contributed by atoms with Crippen LogP contribution >= 0.6 is 11.6 Å². The predicted molar refractivity (Wildman–Crippen MR) is 82.9 cm³/mol. The van der Waals surface area contributed by atoms with E-state index in [1.54, 1.807) is 6.07 Å². The van der Waals surface area contributed by atoms with Crippen LogP contribution in [0.15, 0.2) is 45.6 Å². The predicted octanol–water partition coefficient (Wildman–Crippen LogP) is 2.94. The Bertz CT molecular complexity index is 991. The lowest BCUT2D eigenvalue weighted by Gasteiger charge is -2.06. The average molecular weight is 334 g/mol. The molecule has 0 atom stereocenters. The van der Waals surface area contributed by atoms with Crippen LogP contribution in [0.4, 0.5) is 11.4 Å². The summed E-state index contributed by atoms with van der Waals surface area (Å²) in [5, 5.41) is 13.2. The molecule has 0 bridgehead atoms. The molecule has 0 aliphatic rings. The molecule has 2 aromatic carbocycles. The number of hydrogen-bond acceptors (Lipinski definition) is 5. The Hall–Kier alpha value is -3.13. The number of benzene rings is 2. The van der Waals surface area contributed by atoms with Gasteiger partial charge >= 0.3 is 5.76 Å². The lowest BCUT2D eigenvalue weighted by molar-refractivity contribution is -0.384. The summed E-state index contributed by atoms with van der Waals surface area (Å²) in [4.78, 5) is 35.8. The average Bonchev–Trinajstić information content (AvgIpc) is 2.86. The van der Waals surface area contributed by atoms with Crippen LogP contribution < -0.4 is 11.1 Å². The molecule has 1 aromatic heterocycles. The third-order valence-electron chi connectivity index (χ3n) is 3.08. The van der Waals surface area contributed by atoms with Crippen LogP contribution in [0.3, 0.4) is 0 Å². The lowest BCUT2D eigenvalue weighted by Crippen LogP contribution is -2.12. The Morgan fingerprint density at radius 3 is 2.74 bits per heavy atom. The summed E-state index contributed by atoms with van der Waals surface area (Å²) >= 11 is 5.91. The SMILES string of the molecule is O=C(Nc1ccc2oc(=O)[nH]c2c1)c1ccc([N+](=O)[O-])cc1Cl. The fourth-order valence-electron chi connectivity index (χ4n) is 2.03. The number of aromatic amines is 1. The van der Waals surface area contributed by atoms with Crippen molar-refractivity contribution in [3.63, 3.8) is 0 Å². The van der Waals surface area contributed by atoms with E-state index in [1.807, 2.05) is 0 Å². The van der Waals surface area contributed by atoms with Gasteiger partial charge in [-0.3, -0.25) is 19.9 Å². The molecule has 0 radical (unpaired) electrons. The second-order valence-electron chi connectivity index (χ2n) is 4.60. The smallest absolute Gasteiger partial charge is 0.408 e. The number of halogens is 1. The number of carbonyl (C=O) groups excluding carboxylic acids is 1. The van der Waals surface area contributed by atoms with E-state index < -0.39 is 16.6 Å². The van der Waals surface area contributed by atoms with E-state index in [4.69, 9.17) is 16.0 Å². The minimum atomic E-state index is -0.600. The summed E-state index contributed by atoms with van der Waals surface area (Å²) in [6.45, 7) is 0. The molecule has 0 spiro atoms. The first kappa shape index (κ1) is 14.8. The second-order valence-corrected chi connectivity index (χ2v) is 5.01. The maximum absolute atomic E-state index is 12.2. The van der Waals surface area contributed by atoms with Crippen LogP contribution in [0.5, 0.6) is 0 Å². The standard InChI is InChI=1S/C14H8ClN3O5/c15-10-6-8(18(21)22)2-3-9(10)13(19)16-7-1-4-12-11(5-7)17-14(20)23-12/h1-6H,(H,16,19)(H,17,20). The zero-order valence-corrected chi connectivity index (χ0v) is 12.1. The number of non-ortho nitro benzene ring substituents is 1. The molecular formula is C14H8ClN3O5. The molecule has 0 aliphatic heterocycles. The molecule has 0 unspecified atom stereocenters. The molecule has 9 heteroatoms. The van der Waals surface area contributed by atoms with Gasteiger partial charge in [0.25, 0.3) is 11.6 Å². The van der Waals surface area contributed by atoms with Gasteiger partial charge in [-0.2, -0.15) is 0 Å². The van der Waals surface area contributed by atoms with E-state index in [2.05, 4.69) is 10.3 Å². The Labute approximate surface area is 132 Å². The molecular weight excluding hydrogens is 326 g/mol. The normalized spacial score (nSPS) is 10.7. The van der Waals surface area contributed by atoms with Crippen molar-refractivity contribution in [2.45, 2.75) is 0 Å². The highest BCUT2D eigenvalue weighted by Crippen LogP contribution is 2.24. The highest BCUT2D eigenvalue weighted by Gasteiger charge is 2.15. The number of aromatic nitrogens is 1. The largest absolute Gasteiger partial charge is 0.417 e. The molecule has 1 heterocycles. The molecule has 0 aliphatic carbocycles. The number of anilines is 1. The number of nitrogens with zero attached hydrogens (tertiary/aromatic N) is 1. The minimum Gasteiger partial charge on any atom is -0.408 e. The summed E-state index contributed by atoms with van der Waals surface area (Å²) < 4.78 is 4.86. The van der Waals surface area contributed by atoms with Crippen molar-refractivity contribution in [1.29, 1.82) is 0 Å². The number of fused-ring (bicyclic) bond motifs is 1. The van der Waals surface area contributed by atoms with Gasteiger partial charge in [0.05, 0.1) is 21.0 Å². The molecule has 23 heavy (non-hydrogen) atoms. The van der Waals surface area contributed by atoms with Crippen molar-refractivity contribution in [3.05, 3.63) is 67.6 Å². The van der Waals surface area contributed by atoms with Crippen LogP contribution in [0, 0.1) is 10.1 Å². The van der Waals surface area contributed by atoms with Crippen LogP contribution in [0.25, 0.3) is 11.1 Å². The van der Waals surface area contributed by atoms with E-state index in [9.17, 15) is 19.7 Å². The summed E-state index contributed by atoms with van der Waals surface area (Å²) in [6, 6.07) is 8.17. The topological polar surface area (TPSA) is 118 Å². The van der Waals surface area contributed by atoms with Crippen LogP contribution in [-0.4, -0.2) is 15.8 Å². The number of carbonyl (C=O) groups is 1. The molecule has 3 aromatic rings. The highest BCUT2D eigenvalue weighted by atomic mass is 35.5. The van der Waals surface area contributed by atoms with Gasteiger partial charge in [-0.25, -0.2) is 4.79 Å². The first-order valence-electron chi connectivity index (χ1n) is 6.32. The van der Waals surface area contributed by atoms with Crippen molar-refractivity contribution in [2.24, 2.45) is 0 Å². The van der Waals surface area contributed by atoms with Crippen LogP contribution in [0.2, 0.25) is 5.02 Å². The number of amides is 1. The van der Waals surface area contributed by atoms with Gasteiger partial charge in [0.1, 0.15) is 0 Å². The Morgan fingerprint density at radius 1 is 1.26 bits per heavy atom. The quantitative estimate of drug-likeness (QED) is 0.564. The monoisotopic (exact) mass is 333 g/mol. The molecule has 116 valence electrons. The van der Waals surface area contributed by atoms with E-state index in [1.165, 1.54) is 24.3 Å². The van der Waals surface area contributed by atoms with E-state index in [-0.39, 0.29) is 16.3 Å². The van der Waals surface area contributed by atoms with Crippen molar-refractivity contribution < 1.29 is 14.1 Å². The van der Waals surface area contributed by atoms with E-state index in [0.29, 0.717) is 16.8 Å². The molecule has 0 saturated heterocycles. The zero-order valence-electron chi connectivity index (χ0n) is 11.3. The second kappa shape index (κ2) is 5.58. The lowest BCUT2D eigenvalue weighted by atomic mass is 10.2.